The van der Waals surface area contributed by atoms with Crippen LogP contribution < -0.4 is 5.32 Å². The van der Waals surface area contributed by atoms with Crippen molar-refractivity contribution in [3.05, 3.63) is 53.7 Å². The first-order chi connectivity index (χ1) is 18.7. The first kappa shape index (κ1) is 26.3. The number of anilines is 1. The van der Waals surface area contributed by atoms with Crippen molar-refractivity contribution >= 4 is 40.7 Å². The maximum atomic E-state index is 14.7. The van der Waals surface area contributed by atoms with E-state index in [2.05, 4.69) is 15.4 Å². The molecule has 3 heterocycles. The number of carboxylic acid groups (broad SMARTS) is 1. The topological polar surface area (TPSA) is 144 Å². The second-order valence-corrected chi connectivity index (χ2v) is 9.95. The number of carbonyl (C=O) groups excluding carboxylic acids is 3. The number of pyridine rings is 1. The van der Waals surface area contributed by atoms with Crippen molar-refractivity contribution < 1.29 is 33.4 Å². The van der Waals surface area contributed by atoms with Crippen molar-refractivity contribution in [3.8, 4) is 0 Å². The Morgan fingerprint density at radius 3 is 2.46 bits per heavy atom. The number of alkyl halides is 1. The summed E-state index contributed by atoms with van der Waals surface area (Å²) < 4.78 is 20.3. The number of rotatable bonds is 5. The first-order valence-corrected chi connectivity index (χ1v) is 12.8. The number of hydrogen-bond donors (Lipinski definition) is 2. The van der Waals surface area contributed by atoms with Crippen LogP contribution in [0.5, 0.6) is 0 Å². The summed E-state index contributed by atoms with van der Waals surface area (Å²) in [5.74, 6) is -1.23. The number of esters is 1. The summed E-state index contributed by atoms with van der Waals surface area (Å²) in [6, 6.07) is 8.56. The van der Waals surface area contributed by atoms with Crippen LogP contribution in [0, 0.1) is 0 Å². The standard InChI is InChI=1S/C27H28FN5O6/c1-39-24(35)16-5-7-17(8-6-16)27(11-3-2-4-12-27)25(36)32-15-18(28)13-21(32)23(34)31-22-10-9-20-19(30-22)14-29-33(20)26(37)38/h5-10,14,18,21H,2-4,11-13,15H2,1H3,(H,37,38)(H,30,31,34)/t18-,21-/m1/s1. The minimum atomic E-state index is -1.36. The average molecular weight is 538 g/mol. The number of ether oxygens (including phenoxy) is 1. The predicted molar refractivity (Wildman–Crippen MR) is 137 cm³/mol. The Hall–Kier alpha value is -4.35. The molecular weight excluding hydrogens is 509 g/mol. The van der Waals surface area contributed by atoms with E-state index in [4.69, 9.17) is 4.74 Å². The van der Waals surface area contributed by atoms with Gasteiger partial charge in [0.05, 0.1) is 36.3 Å². The molecule has 1 saturated carbocycles. The van der Waals surface area contributed by atoms with Crippen molar-refractivity contribution in [3.63, 3.8) is 0 Å². The Morgan fingerprint density at radius 2 is 1.79 bits per heavy atom. The van der Waals surface area contributed by atoms with E-state index in [0.717, 1.165) is 29.5 Å². The van der Waals surface area contributed by atoms with Gasteiger partial charge in [0, 0.05) is 6.42 Å². The van der Waals surface area contributed by atoms with Gasteiger partial charge in [0.1, 0.15) is 23.5 Å². The summed E-state index contributed by atoms with van der Waals surface area (Å²) in [6.07, 6.45) is 2.18. The molecule has 0 bridgehead atoms. The van der Waals surface area contributed by atoms with Gasteiger partial charge in [0.2, 0.25) is 11.8 Å². The molecule has 2 amide bonds. The van der Waals surface area contributed by atoms with E-state index in [-0.39, 0.29) is 35.7 Å². The second kappa shape index (κ2) is 10.4. The van der Waals surface area contributed by atoms with Gasteiger partial charge in [0.15, 0.2) is 0 Å². The summed E-state index contributed by atoms with van der Waals surface area (Å²) in [7, 11) is 1.30. The average Bonchev–Trinajstić information content (AvgIpc) is 3.56. The van der Waals surface area contributed by atoms with Crippen LogP contribution in [0.4, 0.5) is 15.0 Å². The Kier molecular flexibility index (Phi) is 7.02. The molecule has 2 atom stereocenters. The van der Waals surface area contributed by atoms with Gasteiger partial charge in [-0.2, -0.15) is 9.78 Å². The van der Waals surface area contributed by atoms with Crippen molar-refractivity contribution in [1.29, 1.82) is 0 Å². The number of methoxy groups -OCH3 is 1. The number of fused-ring (bicyclic) bond motifs is 1. The fourth-order valence-electron chi connectivity index (χ4n) is 5.71. The van der Waals surface area contributed by atoms with E-state index < -0.39 is 35.6 Å². The summed E-state index contributed by atoms with van der Waals surface area (Å²) >= 11 is 0. The molecule has 204 valence electrons. The van der Waals surface area contributed by atoms with Gasteiger partial charge in [-0.05, 0) is 42.7 Å². The molecule has 2 aromatic heterocycles. The zero-order valence-electron chi connectivity index (χ0n) is 21.3. The highest BCUT2D eigenvalue weighted by Crippen LogP contribution is 2.43. The lowest BCUT2D eigenvalue weighted by molar-refractivity contribution is -0.143. The van der Waals surface area contributed by atoms with Crippen molar-refractivity contribution in [2.24, 2.45) is 0 Å². The third kappa shape index (κ3) is 4.82. The predicted octanol–water partition coefficient (Wildman–Crippen LogP) is 3.52. The maximum absolute atomic E-state index is 14.7. The van der Waals surface area contributed by atoms with Crippen LogP contribution in [0.25, 0.3) is 11.0 Å². The van der Waals surface area contributed by atoms with Crippen LogP contribution in [-0.4, -0.2) is 74.5 Å². The molecule has 11 nitrogen and oxygen atoms in total. The Morgan fingerprint density at radius 1 is 1.08 bits per heavy atom. The van der Waals surface area contributed by atoms with Crippen LogP contribution in [0.15, 0.2) is 42.6 Å². The summed E-state index contributed by atoms with van der Waals surface area (Å²) in [4.78, 5) is 56.2. The highest BCUT2D eigenvalue weighted by Gasteiger charge is 2.49. The van der Waals surface area contributed by atoms with Gasteiger partial charge in [-0.3, -0.25) is 9.59 Å². The minimum absolute atomic E-state index is 0.137. The number of aromatic nitrogens is 3. The number of benzene rings is 1. The fraction of sp³-hybridized carbons (Fsp3) is 0.407. The SMILES string of the molecule is COC(=O)c1ccc(C2(C(=O)N3C[C@H](F)C[C@@H]3C(=O)Nc3ccc4c(cnn4C(=O)O)n3)CCCCC2)cc1. The Balaban J connectivity index is 1.40. The lowest BCUT2D eigenvalue weighted by atomic mass is 9.68. The van der Waals surface area contributed by atoms with Crippen LogP contribution in [-0.2, 0) is 19.7 Å². The molecule has 0 unspecified atom stereocenters. The molecule has 12 heteroatoms. The highest BCUT2D eigenvalue weighted by atomic mass is 19.1. The molecule has 2 aliphatic rings. The smallest absolute Gasteiger partial charge is 0.432 e. The summed E-state index contributed by atoms with van der Waals surface area (Å²) in [5.41, 5.74) is 0.663. The maximum Gasteiger partial charge on any atom is 0.432 e. The third-order valence-electron chi connectivity index (χ3n) is 7.65. The van der Waals surface area contributed by atoms with Crippen LogP contribution >= 0.6 is 0 Å². The molecule has 1 saturated heterocycles. The minimum Gasteiger partial charge on any atom is -0.465 e. The molecule has 0 spiro atoms. The molecule has 0 radical (unpaired) electrons. The monoisotopic (exact) mass is 537 g/mol. The molecule has 2 fully saturated rings. The van der Waals surface area contributed by atoms with E-state index in [9.17, 15) is 28.7 Å². The van der Waals surface area contributed by atoms with Gasteiger partial charge in [0.25, 0.3) is 0 Å². The molecule has 1 aromatic carbocycles. The van der Waals surface area contributed by atoms with E-state index >= 15 is 0 Å². The van der Waals surface area contributed by atoms with E-state index in [1.54, 1.807) is 24.3 Å². The van der Waals surface area contributed by atoms with Gasteiger partial charge in [-0.25, -0.2) is 19.0 Å². The Bertz CT molecular complexity index is 1430. The van der Waals surface area contributed by atoms with E-state index in [1.165, 1.54) is 30.3 Å². The molecule has 1 aliphatic heterocycles. The molecule has 39 heavy (non-hydrogen) atoms. The number of likely N-dealkylation sites (tertiary alicyclic amines) is 1. The molecule has 3 aromatic rings. The Labute approximate surface area is 222 Å². The van der Waals surface area contributed by atoms with Crippen molar-refractivity contribution in [1.82, 2.24) is 19.7 Å². The number of halogens is 1. The van der Waals surface area contributed by atoms with Gasteiger partial charge < -0.3 is 20.1 Å². The van der Waals surface area contributed by atoms with Crippen molar-refractivity contribution in [2.45, 2.75) is 56.2 Å². The van der Waals surface area contributed by atoms with Crippen LogP contribution in [0.3, 0.4) is 0 Å². The lowest BCUT2D eigenvalue weighted by Crippen LogP contribution is -2.52. The number of amides is 2. The normalized spacial score (nSPS) is 20.5. The lowest BCUT2D eigenvalue weighted by Gasteiger charge is -2.40. The van der Waals surface area contributed by atoms with Gasteiger partial charge in [-0.1, -0.05) is 31.4 Å². The number of nitrogens with zero attached hydrogens (tertiary/aromatic N) is 4. The zero-order valence-corrected chi connectivity index (χ0v) is 21.3. The van der Waals surface area contributed by atoms with E-state index in [1.807, 2.05) is 0 Å². The molecule has 1 aliphatic carbocycles. The van der Waals surface area contributed by atoms with Gasteiger partial charge in [-0.15, -0.1) is 0 Å². The fourth-order valence-corrected chi connectivity index (χ4v) is 5.71. The number of hydrogen-bond acceptors (Lipinski definition) is 7. The summed E-state index contributed by atoms with van der Waals surface area (Å²) in [5, 5.41) is 15.6. The van der Waals surface area contributed by atoms with Gasteiger partial charge >= 0.3 is 12.1 Å². The first-order valence-electron chi connectivity index (χ1n) is 12.8. The zero-order chi connectivity index (χ0) is 27.7. The van der Waals surface area contributed by atoms with Crippen molar-refractivity contribution in [2.75, 3.05) is 19.0 Å². The van der Waals surface area contributed by atoms with E-state index in [0.29, 0.717) is 18.4 Å². The molecule has 2 N–H and O–H groups in total. The quantitative estimate of drug-likeness (QED) is 0.471. The number of nitrogens with one attached hydrogen (secondary N) is 1. The summed E-state index contributed by atoms with van der Waals surface area (Å²) in [6.45, 7) is -0.198. The number of carbonyl (C=O) groups is 4. The largest absolute Gasteiger partial charge is 0.465 e. The second-order valence-electron chi connectivity index (χ2n) is 9.95. The van der Waals surface area contributed by atoms with Crippen LogP contribution in [0.2, 0.25) is 0 Å². The van der Waals surface area contributed by atoms with Crippen LogP contribution in [0.1, 0.15) is 54.4 Å². The molecule has 5 rings (SSSR count). The third-order valence-corrected chi connectivity index (χ3v) is 7.65. The molecular formula is C27H28FN5O6. The highest BCUT2D eigenvalue weighted by molar-refractivity contribution is 6.00.